The lowest BCUT2D eigenvalue weighted by Gasteiger charge is -2.21. The minimum Gasteiger partial charge on any atom is -0.302 e. The Bertz CT molecular complexity index is 80.9. The molecule has 0 aliphatic carbocycles. The molecule has 0 rings (SSSR count). The zero-order valence-corrected chi connectivity index (χ0v) is 6.59. The van der Waals surface area contributed by atoms with Gasteiger partial charge in [0, 0.05) is 0 Å². The Labute approximate surface area is 56.9 Å². The van der Waals surface area contributed by atoms with Crippen molar-refractivity contribution in [2.45, 2.75) is 19.9 Å². The van der Waals surface area contributed by atoms with Gasteiger partial charge in [0.25, 0.3) is 0 Å². The number of carbonyl (C=O) groups excluding carboxylic acids is 1. The highest BCUT2D eigenvalue weighted by Crippen LogP contribution is 2.02. The summed E-state index contributed by atoms with van der Waals surface area (Å²) in [6.07, 6.45) is 0.991. The summed E-state index contributed by atoms with van der Waals surface area (Å²) < 4.78 is 0. The molecule has 0 radical (unpaired) electrons. The molecular weight excluding hydrogens is 114 g/mol. The Morgan fingerprint density at radius 3 is 1.78 bits per heavy atom. The number of rotatable bonds is 3. The molecule has 0 saturated heterocycles. The van der Waals surface area contributed by atoms with Crippen LogP contribution in [0, 0.1) is 5.92 Å². The monoisotopic (exact) mass is 129 g/mol. The molecule has 9 heavy (non-hydrogen) atoms. The Balaban J connectivity index is 3.82. The molecule has 0 saturated carbocycles. The van der Waals surface area contributed by atoms with Gasteiger partial charge in [-0.2, -0.15) is 0 Å². The largest absolute Gasteiger partial charge is 0.302 e. The average molecular weight is 129 g/mol. The van der Waals surface area contributed by atoms with Crippen molar-refractivity contribution in [3.8, 4) is 0 Å². The van der Waals surface area contributed by atoms with Crippen LogP contribution >= 0.6 is 0 Å². The average Bonchev–Trinajstić information content (AvgIpc) is 1.64. The molecule has 0 aromatic rings. The van der Waals surface area contributed by atoms with Gasteiger partial charge in [0.1, 0.15) is 6.29 Å². The van der Waals surface area contributed by atoms with Gasteiger partial charge < -0.3 is 4.79 Å². The highest BCUT2D eigenvalue weighted by Gasteiger charge is 2.12. The molecule has 0 aliphatic heterocycles. The van der Waals surface area contributed by atoms with E-state index in [1.165, 1.54) is 0 Å². The topological polar surface area (TPSA) is 20.3 Å². The fourth-order valence-electron chi connectivity index (χ4n) is 0.875. The van der Waals surface area contributed by atoms with Gasteiger partial charge in [-0.3, -0.25) is 4.90 Å². The van der Waals surface area contributed by atoms with Crippen LogP contribution in [0.5, 0.6) is 0 Å². The van der Waals surface area contributed by atoms with Gasteiger partial charge >= 0.3 is 0 Å². The maximum atomic E-state index is 10.3. The van der Waals surface area contributed by atoms with Crippen molar-refractivity contribution in [1.29, 1.82) is 0 Å². The van der Waals surface area contributed by atoms with Crippen LogP contribution in [0.4, 0.5) is 0 Å². The van der Waals surface area contributed by atoms with Gasteiger partial charge in [0.05, 0.1) is 6.04 Å². The van der Waals surface area contributed by atoms with Gasteiger partial charge in [-0.25, -0.2) is 0 Å². The van der Waals surface area contributed by atoms with E-state index in [4.69, 9.17) is 0 Å². The summed E-state index contributed by atoms with van der Waals surface area (Å²) in [5, 5.41) is 0. The Morgan fingerprint density at radius 2 is 1.78 bits per heavy atom. The smallest absolute Gasteiger partial charge is 0.137 e. The van der Waals surface area contributed by atoms with Crippen LogP contribution < -0.4 is 0 Å². The molecule has 0 aromatic heterocycles. The predicted octanol–water partition coefficient (Wildman–Crippen LogP) is 0.772. The molecule has 0 aliphatic rings. The second kappa shape index (κ2) is 3.62. The Kier molecular flexibility index (Phi) is 3.47. The predicted molar refractivity (Wildman–Crippen MR) is 38.4 cm³/mol. The number of carbonyl (C=O) groups is 1. The summed E-state index contributed by atoms with van der Waals surface area (Å²) in [6.45, 7) is 4.08. The van der Waals surface area contributed by atoms with Gasteiger partial charge in [-0.15, -0.1) is 0 Å². The second-order valence-corrected chi connectivity index (χ2v) is 2.83. The van der Waals surface area contributed by atoms with Crippen LogP contribution in [-0.4, -0.2) is 31.3 Å². The van der Waals surface area contributed by atoms with E-state index in [2.05, 4.69) is 0 Å². The van der Waals surface area contributed by atoms with E-state index in [0.717, 1.165) is 6.29 Å². The molecule has 0 amide bonds. The molecule has 0 aromatic carbocycles. The van der Waals surface area contributed by atoms with Gasteiger partial charge in [-0.05, 0) is 20.0 Å². The maximum absolute atomic E-state index is 10.3. The highest BCUT2D eigenvalue weighted by molar-refractivity contribution is 5.57. The van der Waals surface area contributed by atoms with Crippen LogP contribution in [0.1, 0.15) is 13.8 Å². The summed E-state index contributed by atoms with van der Waals surface area (Å²) in [4.78, 5) is 12.3. The normalized spacial score (nSPS) is 14.4. The number of likely N-dealkylation sites (N-methyl/N-ethyl adjacent to an activating group) is 1. The third-order valence-corrected chi connectivity index (χ3v) is 1.42. The molecule has 54 valence electrons. The van der Waals surface area contributed by atoms with Gasteiger partial charge in [0.15, 0.2) is 0 Å². The molecule has 1 atom stereocenters. The van der Waals surface area contributed by atoms with Gasteiger partial charge in [-0.1, -0.05) is 13.8 Å². The van der Waals surface area contributed by atoms with E-state index >= 15 is 0 Å². The van der Waals surface area contributed by atoms with Crippen molar-refractivity contribution in [3.63, 3.8) is 0 Å². The number of hydrogen-bond acceptors (Lipinski definition) is 2. The van der Waals surface area contributed by atoms with Crippen molar-refractivity contribution in [3.05, 3.63) is 0 Å². The van der Waals surface area contributed by atoms with Crippen LogP contribution in [0.2, 0.25) is 0 Å². The van der Waals surface area contributed by atoms with E-state index in [0.29, 0.717) is 5.92 Å². The van der Waals surface area contributed by atoms with Crippen LogP contribution in [0.25, 0.3) is 0 Å². The van der Waals surface area contributed by atoms with Crippen molar-refractivity contribution in [2.24, 2.45) is 5.92 Å². The zero-order chi connectivity index (χ0) is 7.44. The fourth-order valence-corrected chi connectivity index (χ4v) is 0.875. The highest BCUT2D eigenvalue weighted by atomic mass is 16.1. The van der Waals surface area contributed by atoms with Crippen molar-refractivity contribution in [2.75, 3.05) is 14.1 Å². The number of hydrogen-bond donors (Lipinski definition) is 0. The SMILES string of the molecule is CC(C)[C@@H](C=O)N(C)C. The minimum absolute atomic E-state index is 0.0741. The molecule has 2 nitrogen and oxygen atoms in total. The third kappa shape index (κ3) is 2.61. The number of aldehydes is 1. The van der Waals surface area contributed by atoms with Crippen molar-refractivity contribution < 1.29 is 4.79 Å². The van der Waals surface area contributed by atoms with Gasteiger partial charge in [0.2, 0.25) is 0 Å². The van der Waals surface area contributed by atoms with Crippen LogP contribution in [0.3, 0.4) is 0 Å². The van der Waals surface area contributed by atoms with E-state index in [1.54, 1.807) is 0 Å². The lowest BCUT2D eigenvalue weighted by molar-refractivity contribution is -0.112. The molecule has 0 spiro atoms. The molecule has 0 heterocycles. The first-order valence-corrected chi connectivity index (χ1v) is 3.21. The lowest BCUT2D eigenvalue weighted by atomic mass is 10.1. The van der Waals surface area contributed by atoms with Crippen LogP contribution in [-0.2, 0) is 4.79 Å². The molecule has 2 heteroatoms. The first kappa shape index (κ1) is 8.63. The number of nitrogens with zero attached hydrogens (tertiary/aromatic N) is 1. The standard InChI is InChI=1S/C7H15NO/c1-6(2)7(5-9)8(3)4/h5-7H,1-4H3/t7-/m1/s1. The molecule has 0 N–H and O–H groups in total. The first-order valence-electron chi connectivity index (χ1n) is 3.21. The van der Waals surface area contributed by atoms with E-state index in [-0.39, 0.29) is 6.04 Å². The quantitative estimate of drug-likeness (QED) is 0.525. The molecule has 0 fully saturated rings. The Morgan fingerprint density at radius 1 is 1.33 bits per heavy atom. The molecule has 0 bridgehead atoms. The summed E-state index contributed by atoms with van der Waals surface area (Å²) in [5.74, 6) is 0.414. The lowest BCUT2D eigenvalue weighted by Crippen LogP contribution is -2.33. The fraction of sp³-hybridized carbons (Fsp3) is 0.857. The van der Waals surface area contributed by atoms with E-state index < -0.39 is 0 Å². The molecule has 0 unspecified atom stereocenters. The zero-order valence-electron chi connectivity index (χ0n) is 6.59. The summed E-state index contributed by atoms with van der Waals surface area (Å²) in [7, 11) is 3.83. The molecular formula is C7H15NO. The summed E-state index contributed by atoms with van der Waals surface area (Å²) in [6, 6.07) is 0.0741. The first-order chi connectivity index (χ1) is 4.09. The van der Waals surface area contributed by atoms with E-state index in [9.17, 15) is 4.79 Å². The van der Waals surface area contributed by atoms with Crippen molar-refractivity contribution in [1.82, 2.24) is 4.90 Å². The summed E-state index contributed by atoms with van der Waals surface area (Å²) >= 11 is 0. The van der Waals surface area contributed by atoms with Crippen molar-refractivity contribution >= 4 is 6.29 Å². The minimum atomic E-state index is 0.0741. The third-order valence-electron chi connectivity index (χ3n) is 1.42. The summed E-state index contributed by atoms with van der Waals surface area (Å²) in [5.41, 5.74) is 0. The second-order valence-electron chi connectivity index (χ2n) is 2.83. The Hall–Kier alpha value is -0.370. The van der Waals surface area contributed by atoms with E-state index in [1.807, 2.05) is 32.8 Å². The van der Waals surface area contributed by atoms with Crippen LogP contribution in [0.15, 0.2) is 0 Å². The maximum Gasteiger partial charge on any atom is 0.137 e.